The summed E-state index contributed by atoms with van der Waals surface area (Å²) in [5, 5.41) is 3.48. The van der Waals surface area contributed by atoms with Crippen molar-refractivity contribution in [3.05, 3.63) is 24.0 Å². The van der Waals surface area contributed by atoms with Crippen molar-refractivity contribution in [3.63, 3.8) is 0 Å². The molecule has 2 aromatic rings. The van der Waals surface area contributed by atoms with Crippen LogP contribution in [0.2, 0.25) is 0 Å². The van der Waals surface area contributed by atoms with Gasteiger partial charge in [-0.15, -0.1) is 11.8 Å². The number of thioether (sulfide) groups is 1. The number of anilines is 1. The van der Waals surface area contributed by atoms with Gasteiger partial charge in [-0.3, -0.25) is 4.79 Å². The number of nitrogens with one attached hydrogen (secondary N) is 1. The summed E-state index contributed by atoms with van der Waals surface area (Å²) in [6, 6.07) is 0. The highest BCUT2D eigenvalue weighted by atomic mass is 32.2. The minimum absolute atomic E-state index is 0.0105. The maximum absolute atomic E-state index is 12.0. The molecule has 118 valence electrons. The normalized spacial score (nSPS) is 17.8. The summed E-state index contributed by atoms with van der Waals surface area (Å²) in [7, 11) is 0. The third kappa shape index (κ3) is 3.88. The van der Waals surface area contributed by atoms with E-state index in [0.717, 1.165) is 22.8 Å². The largest absolute Gasteiger partial charge is 0.445 e. The zero-order valence-electron chi connectivity index (χ0n) is 12.2. The van der Waals surface area contributed by atoms with Crippen LogP contribution in [0.5, 0.6) is 0 Å². The second-order valence-electron chi connectivity index (χ2n) is 4.90. The number of rotatable bonds is 6. The van der Waals surface area contributed by atoms with Crippen molar-refractivity contribution in [2.24, 2.45) is 5.92 Å². The first-order valence-electron chi connectivity index (χ1n) is 7.15. The quantitative estimate of drug-likeness (QED) is 0.815. The molecule has 0 aromatic carbocycles. The molecule has 0 bridgehead atoms. The molecule has 3 heterocycles. The van der Waals surface area contributed by atoms with E-state index in [0.29, 0.717) is 30.0 Å². The number of carbonyl (C=O) groups is 1. The molecule has 1 fully saturated rings. The van der Waals surface area contributed by atoms with Crippen LogP contribution in [-0.2, 0) is 21.7 Å². The standard InChI is InChI=1S/C14H17N3O3S2/c1-2-10-5-15-11(20-10)8-21-12-6-16-14(22-12)17-13(18)9-3-4-19-7-9/h5-6,9H,2-4,7-8H2,1H3,(H,16,17,18). The number of ether oxygens (including phenoxy) is 1. The predicted octanol–water partition coefficient (Wildman–Crippen LogP) is 2.96. The lowest BCUT2D eigenvalue weighted by Crippen LogP contribution is -2.22. The smallest absolute Gasteiger partial charge is 0.231 e. The fraction of sp³-hybridized carbons (Fsp3) is 0.500. The zero-order chi connectivity index (χ0) is 15.4. The van der Waals surface area contributed by atoms with E-state index in [1.54, 1.807) is 24.2 Å². The van der Waals surface area contributed by atoms with Crippen LogP contribution >= 0.6 is 23.1 Å². The Labute approximate surface area is 136 Å². The number of oxazole rings is 1. The highest BCUT2D eigenvalue weighted by Crippen LogP contribution is 2.31. The minimum atomic E-state index is -0.0558. The summed E-state index contributed by atoms with van der Waals surface area (Å²) in [6.07, 6.45) is 5.15. The van der Waals surface area contributed by atoms with E-state index in [1.807, 2.05) is 6.92 Å². The molecule has 0 spiro atoms. The Balaban J connectivity index is 1.51. The number of aromatic nitrogens is 2. The molecular weight excluding hydrogens is 322 g/mol. The molecule has 1 aliphatic heterocycles. The lowest BCUT2D eigenvalue weighted by molar-refractivity contribution is -0.119. The van der Waals surface area contributed by atoms with Gasteiger partial charge in [0.25, 0.3) is 0 Å². The third-order valence-electron chi connectivity index (χ3n) is 3.30. The molecule has 2 aromatic heterocycles. The molecule has 22 heavy (non-hydrogen) atoms. The molecular formula is C14H17N3O3S2. The summed E-state index contributed by atoms with van der Waals surface area (Å²) in [5.41, 5.74) is 0. The topological polar surface area (TPSA) is 77.2 Å². The van der Waals surface area contributed by atoms with Gasteiger partial charge in [-0.05, 0) is 6.42 Å². The van der Waals surface area contributed by atoms with Gasteiger partial charge in [0, 0.05) is 13.0 Å². The molecule has 0 saturated carbocycles. The van der Waals surface area contributed by atoms with Crippen molar-refractivity contribution in [2.45, 2.75) is 29.7 Å². The monoisotopic (exact) mass is 339 g/mol. The molecule has 6 nitrogen and oxygen atoms in total. The highest BCUT2D eigenvalue weighted by Gasteiger charge is 2.24. The van der Waals surface area contributed by atoms with Gasteiger partial charge >= 0.3 is 0 Å². The maximum atomic E-state index is 12.0. The number of carbonyl (C=O) groups excluding carboxylic acids is 1. The summed E-state index contributed by atoms with van der Waals surface area (Å²) in [6.45, 7) is 3.20. The van der Waals surface area contributed by atoms with E-state index >= 15 is 0 Å². The van der Waals surface area contributed by atoms with Crippen LogP contribution in [0.15, 0.2) is 21.0 Å². The highest BCUT2D eigenvalue weighted by molar-refractivity contribution is 8.00. The van der Waals surface area contributed by atoms with Crippen LogP contribution in [0.3, 0.4) is 0 Å². The Bertz CT molecular complexity index is 635. The summed E-state index contributed by atoms with van der Waals surface area (Å²) < 4.78 is 11.8. The fourth-order valence-corrected chi connectivity index (χ4v) is 3.77. The van der Waals surface area contributed by atoms with Gasteiger partial charge in [0.1, 0.15) is 5.76 Å². The van der Waals surface area contributed by atoms with Gasteiger partial charge in [0.2, 0.25) is 11.8 Å². The van der Waals surface area contributed by atoms with E-state index in [-0.39, 0.29) is 11.8 Å². The van der Waals surface area contributed by atoms with Gasteiger partial charge in [-0.1, -0.05) is 18.3 Å². The first kappa shape index (κ1) is 15.5. The molecule has 1 saturated heterocycles. The molecule has 1 unspecified atom stereocenters. The number of thiazole rings is 1. The van der Waals surface area contributed by atoms with Crippen LogP contribution < -0.4 is 5.32 Å². The van der Waals surface area contributed by atoms with E-state index < -0.39 is 0 Å². The van der Waals surface area contributed by atoms with E-state index in [1.165, 1.54) is 11.3 Å². The summed E-state index contributed by atoms with van der Waals surface area (Å²) in [4.78, 5) is 20.4. The summed E-state index contributed by atoms with van der Waals surface area (Å²) in [5.74, 6) is 2.20. The van der Waals surface area contributed by atoms with Crippen molar-refractivity contribution >= 4 is 34.1 Å². The number of aryl methyl sites for hydroxylation is 1. The number of hydrogen-bond donors (Lipinski definition) is 1. The van der Waals surface area contributed by atoms with Crippen molar-refractivity contribution in [3.8, 4) is 0 Å². The van der Waals surface area contributed by atoms with Crippen molar-refractivity contribution < 1.29 is 13.9 Å². The van der Waals surface area contributed by atoms with Crippen LogP contribution in [0, 0.1) is 5.92 Å². The van der Waals surface area contributed by atoms with Crippen LogP contribution in [0.4, 0.5) is 5.13 Å². The second-order valence-corrected chi connectivity index (χ2v) is 7.20. The average molecular weight is 339 g/mol. The van der Waals surface area contributed by atoms with Gasteiger partial charge < -0.3 is 14.5 Å². The molecule has 0 aliphatic carbocycles. The number of nitrogens with zero attached hydrogens (tertiary/aromatic N) is 2. The molecule has 8 heteroatoms. The minimum Gasteiger partial charge on any atom is -0.445 e. The summed E-state index contributed by atoms with van der Waals surface area (Å²) >= 11 is 3.06. The maximum Gasteiger partial charge on any atom is 0.231 e. The first-order chi connectivity index (χ1) is 10.7. The second kappa shape index (κ2) is 7.26. The Morgan fingerprint density at radius 1 is 1.50 bits per heavy atom. The first-order valence-corrected chi connectivity index (χ1v) is 8.95. The lowest BCUT2D eigenvalue weighted by Gasteiger charge is -2.05. The molecule has 1 amide bonds. The van der Waals surface area contributed by atoms with Gasteiger partial charge in [-0.2, -0.15) is 0 Å². The Morgan fingerprint density at radius 2 is 2.41 bits per heavy atom. The Hall–Kier alpha value is -1.38. The molecule has 1 aliphatic rings. The van der Waals surface area contributed by atoms with Crippen LogP contribution in [0.25, 0.3) is 0 Å². The van der Waals surface area contributed by atoms with Gasteiger partial charge in [0.05, 0.1) is 34.9 Å². The van der Waals surface area contributed by atoms with E-state index in [9.17, 15) is 4.79 Å². The molecule has 1 N–H and O–H groups in total. The van der Waals surface area contributed by atoms with Gasteiger partial charge in [0.15, 0.2) is 5.13 Å². The van der Waals surface area contributed by atoms with Crippen LogP contribution in [0.1, 0.15) is 25.0 Å². The third-order valence-corrected chi connectivity index (χ3v) is 5.40. The van der Waals surface area contributed by atoms with E-state index in [2.05, 4.69) is 15.3 Å². The predicted molar refractivity (Wildman–Crippen MR) is 85.1 cm³/mol. The van der Waals surface area contributed by atoms with Crippen molar-refractivity contribution in [1.29, 1.82) is 0 Å². The average Bonchev–Trinajstić information content (AvgIpc) is 3.26. The van der Waals surface area contributed by atoms with Gasteiger partial charge in [-0.25, -0.2) is 9.97 Å². The van der Waals surface area contributed by atoms with Crippen molar-refractivity contribution in [1.82, 2.24) is 9.97 Å². The van der Waals surface area contributed by atoms with Crippen LogP contribution in [-0.4, -0.2) is 29.1 Å². The fourth-order valence-electron chi connectivity index (χ4n) is 2.04. The Morgan fingerprint density at radius 3 is 3.14 bits per heavy atom. The number of amides is 1. The SMILES string of the molecule is CCc1cnc(CSc2cnc(NC(=O)C3CCOC3)s2)o1. The van der Waals surface area contributed by atoms with E-state index in [4.69, 9.17) is 9.15 Å². The molecule has 0 radical (unpaired) electrons. The van der Waals surface area contributed by atoms with Crippen molar-refractivity contribution in [2.75, 3.05) is 18.5 Å². The lowest BCUT2D eigenvalue weighted by atomic mass is 10.1. The molecule has 3 rings (SSSR count). The number of hydrogen-bond acceptors (Lipinski definition) is 7. The Kier molecular flexibility index (Phi) is 5.12. The molecule has 1 atom stereocenters. The zero-order valence-corrected chi connectivity index (χ0v) is 13.8.